The summed E-state index contributed by atoms with van der Waals surface area (Å²) >= 11 is 13.8. The van der Waals surface area contributed by atoms with Crippen molar-refractivity contribution in [2.24, 2.45) is 0 Å². The fraction of sp³-hybridized carbons (Fsp3) is 0.235. The van der Waals surface area contributed by atoms with E-state index in [1.165, 1.54) is 0 Å². The molecule has 1 heterocycles. The van der Waals surface area contributed by atoms with Crippen molar-refractivity contribution in [3.63, 3.8) is 0 Å². The van der Waals surface area contributed by atoms with Crippen LogP contribution in [0.3, 0.4) is 0 Å². The average molecular weight is 366 g/mol. The van der Waals surface area contributed by atoms with Crippen molar-refractivity contribution >= 4 is 45.2 Å². The van der Waals surface area contributed by atoms with Gasteiger partial charge in [0.1, 0.15) is 12.4 Å². The predicted octanol–water partition coefficient (Wildman–Crippen LogP) is 4.95. The molecule has 0 aliphatic heterocycles. The van der Waals surface area contributed by atoms with Crippen molar-refractivity contribution < 1.29 is 4.74 Å². The van der Waals surface area contributed by atoms with Crippen LogP contribution in [0, 0.1) is 6.08 Å². The van der Waals surface area contributed by atoms with Gasteiger partial charge in [-0.2, -0.15) is 0 Å². The van der Waals surface area contributed by atoms with Gasteiger partial charge in [0.25, 0.3) is 0 Å². The number of thiazole rings is 1. The Morgan fingerprint density at radius 3 is 2.87 bits per heavy atom. The van der Waals surface area contributed by atoms with Crippen LogP contribution in [0.25, 0.3) is 5.57 Å². The third-order valence-corrected chi connectivity index (χ3v) is 4.51. The largest absolute Gasteiger partial charge is 0.492 e. The number of anilines is 1. The lowest BCUT2D eigenvalue weighted by atomic mass is 9.97. The Balaban J connectivity index is 1.52. The number of hydrogen-bond donors (Lipinski definition) is 1. The molecule has 1 aliphatic carbocycles. The van der Waals surface area contributed by atoms with Crippen molar-refractivity contribution in [2.75, 3.05) is 18.5 Å². The number of nitrogens with one attached hydrogen (secondary N) is 1. The van der Waals surface area contributed by atoms with Crippen LogP contribution in [-0.2, 0) is 0 Å². The standard InChI is InChI=1S/C17H15Cl2N2OS/c18-14-9-13(10-15(19)11-14)12-1-3-16(4-2-12)22-7-5-20-17-21-6-8-23-17/h1-4,6,8,11,14H,5,7,9H2,(H,20,21). The third-order valence-electron chi connectivity index (χ3n) is 3.28. The highest BCUT2D eigenvalue weighted by Gasteiger charge is 2.14. The zero-order valence-electron chi connectivity index (χ0n) is 12.3. The summed E-state index contributed by atoms with van der Waals surface area (Å²) in [4.78, 5) is 4.15. The van der Waals surface area contributed by atoms with E-state index in [-0.39, 0.29) is 5.38 Å². The second-order valence-corrected chi connectivity index (χ2v) is 6.84. The minimum atomic E-state index is -0.0772. The van der Waals surface area contributed by atoms with E-state index in [1.807, 2.05) is 29.6 Å². The molecule has 0 spiro atoms. The van der Waals surface area contributed by atoms with Gasteiger partial charge in [-0.15, -0.1) is 22.9 Å². The van der Waals surface area contributed by atoms with Crippen LogP contribution in [0.1, 0.15) is 12.0 Å². The normalized spacial score (nSPS) is 17.4. The molecule has 0 amide bonds. The zero-order chi connectivity index (χ0) is 16.1. The van der Waals surface area contributed by atoms with E-state index in [2.05, 4.69) is 16.4 Å². The summed E-state index contributed by atoms with van der Waals surface area (Å²) in [6.45, 7) is 1.29. The van der Waals surface area contributed by atoms with Crippen molar-refractivity contribution in [3.8, 4) is 5.75 Å². The molecule has 3 nitrogen and oxygen atoms in total. The van der Waals surface area contributed by atoms with E-state index in [0.717, 1.165) is 28.4 Å². The maximum Gasteiger partial charge on any atom is 0.182 e. The van der Waals surface area contributed by atoms with E-state index in [9.17, 15) is 0 Å². The van der Waals surface area contributed by atoms with Gasteiger partial charge in [0.15, 0.2) is 5.13 Å². The van der Waals surface area contributed by atoms with E-state index < -0.39 is 0 Å². The van der Waals surface area contributed by atoms with Gasteiger partial charge in [-0.3, -0.25) is 0 Å². The van der Waals surface area contributed by atoms with E-state index in [4.69, 9.17) is 27.9 Å². The lowest BCUT2D eigenvalue weighted by Crippen LogP contribution is -2.11. The van der Waals surface area contributed by atoms with Crippen LogP contribution in [0.15, 0.2) is 47.0 Å². The summed E-state index contributed by atoms with van der Waals surface area (Å²) in [5.41, 5.74) is 2.09. The number of allylic oxidation sites excluding steroid dienone is 4. The lowest BCUT2D eigenvalue weighted by Gasteiger charge is -2.15. The average Bonchev–Trinajstić information content (AvgIpc) is 3.04. The third kappa shape index (κ3) is 4.74. The summed E-state index contributed by atoms with van der Waals surface area (Å²) in [6, 6.07) is 7.90. The Kier molecular flexibility index (Phi) is 5.60. The molecule has 1 N–H and O–H groups in total. The minimum Gasteiger partial charge on any atom is -0.492 e. The first-order valence-electron chi connectivity index (χ1n) is 7.21. The maximum atomic E-state index is 6.16. The molecule has 1 aromatic heterocycles. The van der Waals surface area contributed by atoms with E-state index in [1.54, 1.807) is 23.6 Å². The van der Waals surface area contributed by atoms with Gasteiger partial charge in [0.2, 0.25) is 0 Å². The molecule has 0 bridgehead atoms. The SMILES string of the molecule is ClC1=CC(Cl)CC(c2ccc(OCCNc3nccs3)cc2)=[C]1. The fourth-order valence-electron chi connectivity index (χ4n) is 2.23. The summed E-state index contributed by atoms with van der Waals surface area (Å²) in [7, 11) is 0. The molecule has 119 valence electrons. The first-order chi connectivity index (χ1) is 11.2. The van der Waals surface area contributed by atoms with Gasteiger partial charge in [0.05, 0.1) is 11.9 Å². The molecule has 1 unspecified atom stereocenters. The maximum absolute atomic E-state index is 6.16. The Labute approximate surface area is 149 Å². The van der Waals surface area contributed by atoms with Crippen LogP contribution in [-0.4, -0.2) is 23.5 Å². The summed E-state index contributed by atoms with van der Waals surface area (Å²) in [6.07, 6.45) is 7.46. The second kappa shape index (κ2) is 7.86. The highest BCUT2D eigenvalue weighted by atomic mass is 35.5. The second-order valence-electron chi connectivity index (χ2n) is 4.98. The fourth-order valence-corrected chi connectivity index (χ4v) is 3.40. The summed E-state index contributed by atoms with van der Waals surface area (Å²) < 4.78 is 5.71. The van der Waals surface area contributed by atoms with Gasteiger partial charge in [-0.25, -0.2) is 4.98 Å². The van der Waals surface area contributed by atoms with Crippen LogP contribution in [0.2, 0.25) is 0 Å². The van der Waals surface area contributed by atoms with Gasteiger partial charge in [-0.05, 0) is 35.8 Å². The van der Waals surface area contributed by atoms with Crippen LogP contribution in [0.5, 0.6) is 5.75 Å². The van der Waals surface area contributed by atoms with Crippen molar-refractivity contribution in [1.29, 1.82) is 0 Å². The van der Waals surface area contributed by atoms with Crippen molar-refractivity contribution in [2.45, 2.75) is 11.8 Å². The van der Waals surface area contributed by atoms with E-state index >= 15 is 0 Å². The Morgan fingerprint density at radius 2 is 2.17 bits per heavy atom. The lowest BCUT2D eigenvalue weighted by molar-refractivity contribution is 0.333. The molecule has 3 rings (SSSR count). The minimum absolute atomic E-state index is 0.0772. The number of benzene rings is 1. The topological polar surface area (TPSA) is 34.1 Å². The zero-order valence-corrected chi connectivity index (χ0v) is 14.6. The molecule has 6 heteroatoms. The van der Waals surface area contributed by atoms with Crippen molar-refractivity contribution in [1.82, 2.24) is 4.98 Å². The smallest absolute Gasteiger partial charge is 0.182 e. The molecule has 0 saturated heterocycles. The number of alkyl halides is 1. The molecule has 2 aromatic rings. The molecule has 1 aliphatic rings. The number of rotatable bonds is 6. The molecule has 1 radical (unpaired) electrons. The Bertz CT molecular complexity index is 696. The number of nitrogens with zero attached hydrogens (tertiary/aromatic N) is 1. The van der Waals surface area contributed by atoms with Crippen LogP contribution in [0.4, 0.5) is 5.13 Å². The Morgan fingerprint density at radius 1 is 1.35 bits per heavy atom. The predicted molar refractivity (Wildman–Crippen MR) is 97.4 cm³/mol. The van der Waals surface area contributed by atoms with Crippen LogP contribution < -0.4 is 10.1 Å². The van der Waals surface area contributed by atoms with Crippen LogP contribution >= 0.6 is 34.5 Å². The van der Waals surface area contributed by atoms with Gasteiger partial charge >= 0.3 is 0 Å². The molecule has 23 heavy (non-hydrogen) atoms. The molecule has 1 aromatic carbocycles. The quantitative estimate of drug-likeness (QED) is 0.580. The molecular formula is C17H15Cl2N2OS. The van der Waals surface area contributed by atoms with E-state index in [0.29, 0.717) is 18.2 Å². The summed E-state index contributed by atoms with van der Waals surface area (Å²) in [5, 5.41) is 6.54. The number of ether oxygens (including phenoxy) is 1. The van der Waals surface area contributed by atoms with Gasteiger partial charge < -0.3 is 10.1 Å². The van der Waals surface area contributed by atoms with Gasteiger partial charge in [0, 0.05) is 22.7 Å². The highest BCUT2D eigenvalue weighted by molar-refractivity contribution is 7.13. The molecule has 0 saturated carbocycles. The molecule has 0 fully saturated rings. The first-order valence-corrected chi connectivity index (χ1v) is 8.91. The molecule has 1 atom stereocenters. The monoisotopic (exact) mass is 365 g/mol. The molecular weight excluding hydrogens is 351 g/mol. The first kappa shape index (κ1) is 16.4. The number of halogens is 2. The number of aromatic nitrogens is 1. The van der Waals surface area contributed by atoms with Gasteiger partial charge in [-0.1, -0.05) is 23.7 Å². The summed E-state index contributed by atoms with van der Waals surface area (Å²) in [5.74, 6) is 0.829. The Hall–Kier alpha value is -1.49. The highest BCUT2D eigenvalue weighted by Crippen LogP contribution is 2.30. The number of hydrogen-bond acceptors (Lipinski definition) is 4. The van der Waals surface area contributed by atoms with Crippen molar-refractivity contribution in [3.05, 3.63) is 58.6 Å².